The van der Waals surface area contributed by atoms with Gasteiger partial charge in [0.2, 0.25) is 0 Å². The first-order valence-electron chi connectivity index (χ1n) is 8.79. The van der Waals surface area contributed by atoms with E-state index in [-0.39, 0.29) is 17.6 Å². The van der Waals surface area contributed by atoms with Crippen LogP contribution in [0.3, 0.4) is 0 Å². The van der Waals surface area contributed by atoms with Gasteiger partial charge in [-0.05, 0) is 31.8 Å². The molecule has 3 rings (SSSR count). The molecule has 0 aliphatic heterocycles. The van der Waals surface area contributed by atoms with Crippen molar-refractivity contribution in [1.29, 1.82) is 0 Å². The molecule has 1 heterocycles. The third kappa shape index (κ3) is 4.35. The van der Waals surface area contributed by atoms with Crippen molar-refractivity contribution in [3.05, 3.63) is 78.1 Å². The van der Waals surface area contributed by atoms with E-state index in [0.717, 1.165) is 11.3 Å². The van der Waals surface area contributed by atoms with Crippen LogP contribution < -0.4 is 10.1 Å². The van der Waals surface area contributed by atoms with Crippen LogP contribution in [0.5, 0.6) is 5.75 Å². The second kappa shape index (κ2) is 8.51. The monoisotopic (exact) mass is 364 g/mol. The predicted molar refractivity (Wildman–Crippen MR) is 105 cm³/mol. The van der Waals surface area contributed by atoms with Gasteiger partial charge in [-0.1, -0.05) is 48.5 Å². The lowest BCUT2D eigenvalue weighted by Gasteiger charge is -2.25. The first kappa shape index (κ1) is 18.7. The maximum Gasteiger partial charge on any atom is 0.275 e. The van der Waals surface area contributed by atoms with Gasteiger partial charge in [0.05, 0.1) is 25.0 Å². The smallest absolute Gasteiger partial charge is 0.275 e. The molecule has 3 aromatic rings. The number of nitrogens with zero attached hydrogens (tertiary/aromatic N) is 3. The highest BCUT2D eigenvalue weighted by Crippen LogP contribution is 2.21. The topological polar surface area (TPSA) is 59.4 Å². The summed E-state index contributed by atoms with van der Waals surface area (Å²) in [4.78, 5) is 14.8. The Hall–Kier alpha value is -3.12. The number of carbonyl (C=O) groups excluding carboxylic acids is 1. The summed E-state index contributed by atoms with van der Waals surface area (Å²) in [6.45, 7) is 0.469. The number of nitrogens with one attached hydrogen (secondary N) is 1. The Morgan fingerprint density at radius 1 is 1.11 bits per heavy atom. The molecule has 1 atom stereocenters. The highest BCUT2D eigenvalue weighted by atomic mass is 16.5. The number of ether oxygens (including phenoxy) is 1. The van der Waals surface area contributed by atoms with Crippen molar-refractivity contribution in [2.24, 2.45) is 0 Å². The Balaban J connectivity index is 1.76. The van der Waals surface area contributed by atoms with Crippen molar-refractivity contribution >= 4 is 5.91 Å². The van der Waals surface area contributed by atoms with Crippen molar-refractivity contribution in [3.8, 4) is 11.4 Å². The van der Waals surface area contributed by atoms with Crippen LogP contribution in [-0.4, -0.2) is 48.3 Å². The molecule has 1 aromatic heterocycles. The molecule has 27 heavy (non-hydrogen) atoms. The standard InChI is InChI=1S/C21H24N4O2/c1-24(2)18(16-10-6-4-7-11-16)14-22-21(26)20-19(27-3)15-25(23-20)17-12-8-5-9-13-17/h4-13,15,18H,14H2,1-3H3,(H,22,26)/t18-/m0/s1. The predicted octanol–water partition coefficient (Wildman–Crippen LogP) is 2.91. The molecule has 0 aliphatic rings. The van der Waals surface area contributed by atoms with E-state index in [9.17, 15) is 4.79 Å². The highest BCUT2D eigenvalue weighted by molar-refractivity contribution is 5.95. The largest absolute Gasteiger partial charge is 0.493 e. The Morgan fingerprint density at radius 2 is 1.74 bits per heavy atom. The van der Waals surface area contributed by atoms with Gasteiger partial charge in [-0.15, -0.1) is 0 Å². The first-order chi connectivity index (χ1) is 13.1. The van der Waals surface area contributed by atoms with E-state index >= 15 is 0 Å². The number of benzene rings is 2. The second-order valence-corrected chi connectivity index (χ2v) is 6.43. The summed E-state index contributed by atoms with van der Waals surface area (Å²) < 4.78 is 7.00. The van der Waals surface area contributed by atoms with Crippen LogP contribution in [0, 0.1) is 0 Å². The maximum absolute atomic E-state index is 12.7. The lowest BCUT2D eigenvalue weighted by molar-refractivity contribution is 0.0933. The fourth-order valence-corrected chi connectivity index (χ4v) is 2.92. The number of likely N-dealkylation sites (N-methyl/N-ethyl adjacent to an activating group) is 1. The van der Waals surface area contributed by atoms with Crippen LogP contribution in [-0.2, 0) is 0 Å². The first-order valence-corrected chi connectivity index (χ1v) is 8.79. The highest BCUT2D eigenvalue weighted by Gasteiger charge is 2.21. The van der Waals surface area contributed by atoms with Gasteiger partial charge in [-0.2, -0.15) is 5.10 Å². The number of para-hydroxylation sites is 1. The minimum Gasteiger partial charge on any atom is -0.493 e. The van der Waals surface area contributed by atoms with Crippen molar-refractivity contribution in [2.75, 3.05) is 27.7 Å². The van der Waals surface area contributed by atoms with E-state index in [1.165, 1.54) is 7.11 Å². The minimum absolute atomic E-state index is 0.0670. The van der Waals surface area contributed by atoms with Crippen LogP contribution in [0.4, 0.5) is 0 Å². The molecule has 0 spiro atoms. The SMILES string of the molecule is COc1cn(-c2ccccc2)nc1C(=O)NC[C@@H](c1ccccc1)N(C)C. The molecule has 6 heteroatoms. The normalized spacial score (nSPS) is 12.0. The molecule has 0 bridgehead atoms. The molecule has 0 unspecified atom stereocenters. The van der Waals surface area contributed by atoms with E-state index in [4.69, 9.17) is 4.74 Å². The number of hydrogen-bond donors (Lipinski definition) is 1. The third-order valence-electron chi connectivity index (χ3n) is 4.40. The molecule has 2 aromatic carbocycles. The summed E-state index contributed by atoms with van der Waals surface area (Å²) >= 11 is 0. The molecule has 0 fully saturated rings. The average molecular weight is 364 g/mol. The number of aromatic nitrogens is 2. The quantitative estimate of drug-likeness (QED) is 0.700. The van der Waals surface area contributed by atoms with Gasteiger partial charge in [0.15, 0.2) is 11.4 Å². The number of amides is 1. The van der Waals surface area contributed by atoms with Crippen molar-refractivity contribution < 1.29 is 9.53 Å². The van der Waals surface area contributed by atoms with Gasteiger partial charge < -0.3 is 15.0 Å². The summed E-state index contributed by atoms with van der Waals surface area (Å²) in [6.07, 6.45) is 1.71. The summed E-state index contributed by atoms with van der Waals surface area (Å²) in [5.41, 5.74) is 2.28. The molecule has 0 radical (unpaired) electrons. The van der Waals surface area contributed by atoms with E-state index in [1.54, 1.807) is 10.9 Å². The van der Waals surface area contributed by atoms with Gasteiger partial charge >= 0.3 is 0 Å². The van der Waals surface area contributed by atoms with Crippen LogP contribution in [0.2, 0.25) is 0 Å². The maximum atomic E-state index is 12.7. The molecule has 6 nitrogen and oxygen atoms in total. The lowest BCUT2D eigenvalue weighted by atomic mass is 10.1. The Kier molecular flexibility index (Phi) is 5.88. The van der Waals surface area contributed by atoms with E-state index < -0.39 is 0 Å². The molecule has 140 valence electrons. The zero-order chi connectivity index (χ0) is 19.2. The van der Waals surface area contributed by atoms with Gasteiger partial charge in [0.25, 0.3) is 5.91 Å². The zero-order valence-electron chi connectivity index (χ0n) is 15.8. The Labute approximate surface area is 159 Å². The Bertz CT molecular complexity index is 876. The van der Waals surface area contributed by atoms with Gasteiger partial charge in [-0.25, -0.2) is 4.68 Å². The van der Waals surface area contributed by atoms with E-state index in [1.807, 2.05) is 62.6 Å². The van der Waals surface area contributed by atoms with Crippen molar-refractivity contribution in [1.82, 2.24) is 20.0 Å². The third-order valence-corrected chi connectivity index (χ3v) is 4.40. The van der Waals surface area contributed by atoms with E-state index in [0.29, 0.717) is 12.3 Å². The van der Waals surface area contributed by atoms with Crippen molar-refractivity contribution in [2.45, 2.75) is 6.04 Å². The van der Waals surface area contributed by atoms with Crippen LogP contribution in [0.15, 0.2) is 66.9 Å². The number of rotatable bonds is 7. The summed E-state index contributed by atoms with van der Waals surface area (Å²) in [5, 5.41) is 7.39. The zero-order valence-corrected chi connectivity index (χ0v) is 15.8. The van der Waals surface area contributed by atoms with Gasteiger partial charge in [0, 0.05) is 6.54 Å². The summed E-state index contributed by atoms with van der Waals surface area (Å²) in [5.74, 6) is 0.182. The summed E-state index contributed by atoms with van der Waals surface area (Å²) in [6, 6.07) is 19.8. The number of carbonyl (C=O) groups is 1. The van der Waals surface area contributed by atoms with Gasteiger partial charge in [0.1, 0.15) is 0 Å². The molecule has 0 saturated carbocycles. The van der Waals surface area contributed by atoms with Crippen LogP contribution in [0.1, 0.15) is 22.1 Å². The van der Waals surface area contributed by atoms with Crippen molar-refractivity contribution in [3.63, 3.8) is 0 Å². The molecule has 0 saturated heterocycles. The fraction of sp³-hybridized carbons (Fsp3) is 0.238. The minimum atomic E-state index is -0.260. The second-order valence-electron chi connectivity index (χ2n) is 6.43. The number of methoxy groups -OCH3 is 1. The fourth-order valence-electron chi connectivity index (χ4n) is 2.92. The number of hydrogen-bond acceptors (Lipinski definition) is 4. The van der Waals surface area contributed by atoms with Gasteiger partial charge in [-0.3, -0.25) is 4.79 Å². The molecular weight excluding hydrogens is 340 g/mol. The lowest BCUT2D eigenvalue weighted by Crippen LogP contribution is -2.34. The Morgan fingerprint density at radius 3 is 2.33 bits per heavy atom. The van der Waals surface area contributed by atoms with Crippen LogP contribution >= 0.6 is 0 Å². The van der Waals surface area contributed by atoms with E-state index in [2.05, 4.69) is 27.4 Å². The molecule has 0 aliphatic carbocycles. The molecule has 1 N–H and O–H groups in total. The molecule has 1 amide bonds. The molecular formula is C21H24N4O2. The van der Waals surface area contributed by atoms with Crippen LogP contribution in [0.25, 0.3) is 5.69 Å². The summed E-state index contributed by atoms with van der Waals surface area (Å²) in [7, 11) is 5.53. The average Bonchev–Trinajstić information content (AvgIpc) is 3.14.